The highest BCUT2D eigenvalue weighted by atomic mass is 14.6. The Bertz CT molecular complexity index is 313. The molecular formula is C13H21N. The van der Waals surface area contributed by atoms with Gasteiger partial charge in [-0.2, -0.15) is 0 Å². The van der Waals surface area contributed by atoms with Gasteiger partial charge in [-0.05, 0) is 62.8 Å². The van der Waals surface area contributed by atoms with Gasteiger partial charge in [0.05, 0.1) is 0 Å². The van der Waals surface area contributed by atoms with Gasteiger partial charge in [0.1, 0.15) is 0 Å². The number of hydrogen-bond donors (Lipinski definition) is 1. The maximum atomic E-state index is 5.76. The fraction of sp³-hybridized carbons (Fsp3) is 0.538. The van der Waals surface area contributed by atoms with Crippen LogP contribution in [0.1, 0.15) is 35.6 Å². The smallest absolute Gasteiger partial charge is 0.00136 e. The van der Waals surface area contributed by atoms with Crippen LogP contribution in [-0.2, 0) is 6.42 Å². The van der Waals surface area contributed by atoms with Crippen molar-refractivity contribution in [2.24, 2.45) is 5.73 Å². The predicted molar refractivity (Wildman–Crippen MR) is 62.6 cm³/mol. The van der Waals surface area contributed by atoms with Crippen LogP contribution in [0, 0.1) is 20.8 Å². The van der Waals surface area contributed by atoms with Crippen LogP contribution in [0.25, 0.3) is 0 Å². The zero-order chi connectivity index (χ0) is 10.7. The molecule has 0 heterocycles. The SMILES string of the molecule is Cc1cc(C)c(CCC(C)N)cc1C. The predicted octanol–water partition coefficient (Wildman–Crippen LogP) is 2.89. The Hall–Kier alpha value is -0.820. The fourth-order valence-corrected chi connectivity index (χ4v) is 1.67. The van der Waals surface area contributed by atoms with Crippen LogP contribution in [0.2, 0.25) is 0 Å². The van der Waals surface area contributed by atoms with Gasteiger partial charge in [0.2, 0.25) is 0 Å². The Balaban J connectivity index is 2.82. The highest BCUT2D eigenvalue weighted by Crippen LogP contribution is 2.17. The van der Waals surface area contributed by atoms with E-state index in [1.54, 1.807) is 0 Å². The van der Waals surface area contributed by atoms with Crippen LogP contribution in [0.4, 0.5) is 0 Å². The van der Waals surface area contributed by atoms with E-state index in [1.807, 2.05) is 0 Å². The summed E-state index contributed by atoms with van der Waals surface area (Å²) in [6, 6.07) is 4.87. The molecule has 0 amide bonds. The molecule has 2 N–H and O–H groups in total. The average Bonchev–Trinajstić information content (AvgIpc) is 2.09. The quantitative estimate of drug-likeness (QED) is 0.781. The van der Waals surface area contributed by atoms with Gasteiger partial charge in [-0.1, -0.05) is 12.1 Å². The van der Waals surface area contributed by atoms with E-state index in [1.165, 1.54) is 22.3 Å². The molecule has 0 aliphatic rings. The Morgan fingerprint density at radius 2 is 1.64 bits per heavy atom. The first-order valence-corrected chi connectivity index (χ1v) is 5.33. The molecule has 1 heteroatoms. The Morgan fingerprint density at radius 3 is 2.21 bits per heavy atom. The molecule has 1 aromatic carbocycles. The topological polar surface area (TPSA) is 26.0 Å². The molecule has 0 saturated heterocycles. The van der Waals surface area contributed by atoms with Crippen LogP contribution in [-0.4, -0.2) is 6.04 Å². The number of rotatable bonds is 3. The lowest BCUT2D eigenvalue weighted by Gasteiger charge is -2.11. The van der Waals surface area contributed by atoms with Gasteiger partial charge < -0.3 is 5.73 Å². The van der Waals surface area contributed by atoms with Crippen molar-refractivity contribution in [1.82, 2.24) is 0 Å². The third-order valence-corrected chi connectivity index (χ3v) is 2.82. The summed E-state index contributed by atoms with van der Waals surface area (Å²) in [4.78, 5) is 0. The first kappa shape index (κ1) is 11.3. The van der Waals surface area contributed by atoms with Crippen LogP contribution in [0.3, 0.4) is 0 Å². The van der Waals surface area contributed by atoms with Crippen molar-refractivity contribution in [3.8, 4) is 0 Å². The van der Waals surface area contributed by atoms with Gasteiger partial charge in [-0.25, -0.2) is 0 Å². The molecule has 0 bridgehead atoms. The van der Waals surface area contributed by atoms with Crippen molar-refractivity contribution >= 4 is 0 Å². The van der Waals surface area contributed by atoms with Crippen molar-refractivity contribution in [2.45, 2.75) is 46.6 Å². The van der Waals surface area contributed by atoms with E-state index >= 15 is 0 Å². The summed E-state index contributed by atoms with van der Waals surface area (Å²) in [6.07, 6.45) is 2.17. The van der Waals surface area contributed by atoms with Gasteiger partial charge in [0, 0.05) is 6.04 Å². The summed E-state index contributed by atoms with van der Waals surface area (Å²) in [5.41, 5.74) is 11.4. The van der Waals surface area contributed by atoms with E-state index in [9.17, 15) is 0 Å². The molecule has 0 fully saturated rings. The lowest BCUT2D eigenvalue weighted by molar-refractivity contribution is 0.664. The number of hydrogen-bond acceptors (Lipinski definition) is 1. The standard InChI is InChI=1S/C13H21N/c1-9-7-11(3)13(8-10(9)2)6-5-12(4)14/h7-8,12H,5-6,14H2,1-4H3. The van der Waals surface area contributed by atoms with Crippen molar-refractivity contribution in [2.75, 3.05) is 0 Å². The van der Waals surface area contributed by atoms with Gasteiger partial charge in [0.25, 0.3) is 0 Å². The van der Waals surface area contributed by atoms with E-state index in [-0.39, 0.29) is 0 Å². The molecule has 1 unspecified atom stereocenters. The third kappa shape index (κ3) is 2.85. The molecule has 1 aromatic rings. The summed E-state index contributed by atoms with van der Waals surface area (Å²) in [6.45, 7) is 8.58. The zero-order valence-electron chi connectivity index (χ0n) is 9.72. The van der Waals surface area contributed by atoms with Crippen molar-refractivity contribution in [3.05, 3.63) is 34.4 Å². The lowest BCUT2D eigenvalue weighted by atomic mass is 9.97. The highest BCUT2D eigenvalue weighted by Gasteiger charge is 2.03. The highest BCUT2D eigenvalue weighted by molar-refractivity contribution is 5.36. The molecule has 0 aliphatic heterocycles. The zero-order valence-corrected chi connectivity index (χ0v) is 9.72. The van der Waals surface area contributed by atoms with Gasteiger partial charge in [-0.3, -0.25) is 0 Å². The number of aryl methyl sites for hydroxylation is 4. The summed E-state index contributed by atoms with van der Waals surface area (Å²) < 4.78 is 0. The molecule has 0 spiro atoms. The van der Waals surface area contributed by atoms with Gasteiger partial charge in [0.15, 0.2) is 0 Å². The first-order chi connectivity index (χ1) is 6.50. The molecular weight excluding hydrogens is 170 g/mol. The molecule has 0 saturated carbocycles. The first-order valence-electron chi connectivity index (χ1n) is 5.33. The molecule has 1 atom stereocenters. The second-order valence-electron chi connectivity index (χ2n) is 4.38. The van der Waals surface area contributed by atoms with E-state index in [0.717, 1.165) is 12.8 Å². The number of benzene rings is 1. The molecule has 1 rings (SSSR count). The van der Waals surface area contributed by atoms with Crippen molar-refractivity contribution < 1.29 is 0 Å². The maximum absolute atomic E-state index is 5.76. The third-order valence-electron chi connectivity index (χ3n) is 2.82. The van der Waals surface area contributed by atoms with Crippen molar-refractivity contribution in [1.29, 1.82) is 0 Å². The molecule has 0 radical (unpaired) electrons. The fourth-order valence-electron chi connectivity index (χ4n) is 1.67. The second-order valence-corrected chi connectivity index (χ2v) is 4.38. The van der Waals surface area contributed by atoms with E-state index < -0.39 is 0 Å². The lowest BCUT2D eigenvalue weighted by Crippen LogP contribution is -2.15. The summed E-state index contributed by atoms with van der Waals surface area (Å²) in [5.74, 6) is 0. The molecule has 78 valence electrons. The van der Waals surface area contributed by atoms with Crippen LogP contribution in [0.5, 0.6) is 0 Å². The van der Waals surface area contributed by atoms with Crippen LogP contribution in [0.15, 0.2) is 12.1 Å². The Morgan fingerprint density at radius 1 is 1.07 bits per heavy atom. The van der Waals surface area contributed by atoms with Gasteiger partial charge in [-0.15, -0.1) is 0 Å². The van der Waals surface area contributed by atoms with Crippen LogP contribution < -0.4 is 5.73 Å². The minimum atomic E-state index is 0.302. The largest absolute Gasteiger partial charge is 0.328 e. The Kier molecular flexibility index (Phi) is 3.70. The maximum Gasteiger partial charge on any atom is 0.00136 e. The number of nitrogens with two attached hydrogens (primary N) is 1. The summed E-state index contributed by atoms with van der Waals surface area (Å²) in [5, 5.41) is 0. The summed E-state index contributed by atoms with van der Waals surface area (Å²) in [7, 11) is 0. The normalized spacial score (nSPS) is 12.9. The van der Waals surface area contributed by atoms with Crippen molar-refractivity contribution in [3.63, 3.8) is 0 Å². The van der Waals surface area contributed by atoms with E-state index in [2.05, 4.69) is 39.8 Å². The molecule has 14 heavy (non-hydrogen) atoms. The molecule has 0 aliphatic carbocycles. The minimum Gasteiger partial charge on any atom is -0.328 e. The molecule has 1 nitrogen and oxygen atoms in total. The summed E-state index contributed by atoms with van der Waals surface area (Å²) >= 11 is 0. The van der Waals surface area contributed by atoms with Gasteiger partial charge >= 0.3 is 0 Å². The average molecular weight is 191 g/mol. The van der Waals surface area contributed by atoms with Crippen LogP contribution >= 0.6 is 0 Å². The second kappa shape index (κ2) is 4.61. The Labute approximate surface area is 87.3 Å². The monoisotopic (exact) mass is 191 g/mol. The minimum absolute atomic E-state index is 0.302. The molecule has 0 aromatic heterocycles. The van der Waals surface area contributed by atoms with E-state index in [0.29, 0.717) is 6.04 Å². The van der Waals surface area contributed by atoms with E-state index in [4.69, 9.17) is 5.73 Å².